The van der Waals surface area contributed by atoms with Crippen LogP contribution in [-0.4, -0.2) is 33.7 Å². The van der Waals surface area contributed by atoms with E-state index >= 15 is 0 Å². The maximum atomic E-state index is 12.0. The van der Waals surface area contributed by atoms with Crippen molar-refractivity contribution in [2.24, 2.45) is 0 Å². The molecule has 0 amide bonds. The van der Waals surface area contributed by atoms with Crippen molar-refractivity contribution in [1.29, 1.82) is 0 Å². The summed E-state index contributed by atoms with van der Waals surface area (Å²) in [7, 11) is -7.23. The Balaban J connectivity index is 2.24. The van der Waals surface area contributed by atoms with Gasteiger partial charge in [-0.2, -0.15) is 0 Å². The van der Waals surface area contributed by atoms with Crippen molar-refractivity contribution >= 4 is 25.5 Å². The molecule has 0 spiro atoms. The Kier molecular flexibility index (Phi) is 3.29. The van der Waals surface area contributed by atoms with Gasteiger partial charge in [0, 0.05) is 5.41 Å². The normalized spacial score (nSPS) is 21.6. The van der Waals surface area contributed by atoms with Crippen LogP contribution in [0.4, 0.5) is 5.69 Å². The topological polar surface area (TPSA) is 127 Å². The number of hydrogen-bond acceptors (Lipinski definition) is 6. The Morgan fingerprint density at radius 3 is 2.58 bits per heavy atom. The van der Waals surface area contributed by atoms with E-state index in [9.17, 15) is 21.9 Å². The number of phenolic OH excluding ortho intramolecular Hbond substituents is 1. The lowest BCUT2D eigenvalue weighted by Gasteiger charge is -2.11. The Morgan fingerprint density at radius 2 is 2.05 bits per heavy atom. The predicted molar refractivity (Wildman–Crippen MR) is 69.6 cm³/mol. The molecule has 1 unspecified atom stereocenters. The first-order valence-corrected chi connectivity index (χ1v) is 8.41. The lowest BCUT2D eigenvalue weighted by Crippen LogP contribution is -2.35. The van der Waals surface area contributed by atoms with Crippen molar-refractivity contribution in [3.05, 3.63) is 29.7 Å². The molecular weight excluding hydrogens is 292 g/mol. The van der Waals surface area contributed by atoms with E-state index in [1.807, 2.05) is 0 Å². The van der Waals surface area contributed by atoms with Gasteiger partial charge in [0.05, 0.1) is 22.4 Å². The van der Waals surface area contributed by atoms with Crippen LogP contribution in [0.2, 0.25) is 0 Å². The monoisotopic (exact) mass is 304 g/mol. The van der Waals surface area contributed by atoms with Crippen LogP contribution in [0.15, 0.2) is 34.6 Å². The van der Waals surface area contributed by atoms with Crippen LogP contribution in [0.25, 0.3) is 0 Å². The fraction of sp³-hybridized carbons (Fsp3) is 0.200. The number of rotatable bonds is 3. The molecule has 1 heterocycles. The lowest BCUT2D eigenvalue weighted by molar-refractivity contribution is 0.477. The average Bonchev–Trinajstić information content (AvgIpc) is 2.61. The summed E-state index contributed by atoms with van der Waals surface area (Å²) >= 11 is 0. The third kappa shape index (κ3) is 3.06. The molecule has 1 aliphatic rings. The second-order valence-corrected chi connectivity index (χ2v) is 7.75. The van der Waals surface area contributed by atoms with Gasteiger partial charge in [0.2, 0.25) is 10.0 Å². The van der Waals surface area contributed by atoms with Gasteiger partial charge in [-0.25, -0.2) is 21.6 Å². The zero-order valence-electron chi connectivity index (χ0n) is 9.65. The molecule has 1 aromatic rings. The van der Waals surface area contributed by atoms with Crippen LogP contribution in [0.5, 0.6) is 5.75 Å². The molecular formula is C10H12N2O5S2. The molecule has 0 saturated heterocycles. The van der Waals surface area contributed by atoms with E-state index in [2.05, 4.69) is 4.72 Å². The molecule has 0 aliphatic carbocycles. The van der Waals surface area contributed by atoms with Crippen LogP contribution in [0.3, 0.4) is 0 Å². The first kappa shape index (κ1) is 13.8. The second-order valence-electron chi connectivity index (χ2n) is 4.11. The largest absolute Gasteiger partial charge is 0.506 e. The Hall–Kier alpha value is -1.58. The molecule has 0 saturated carbocycles. The van der Waals surface area contributed by atoms with Gasteiger partial charge in [-0.1, -0.05) is 6.08 Å². The number of benzene rings is 1. The molecule has 0 fully saturated rings. The van der Waals surface area contributed by atoms with Gasteiger partial charge in [0.25, 0.3) is 0 Å². The number of aromatic hydroxyl groups is 1. The molecule has 19 heavy (non-hydrogen) atoms. The highest BCUT2D eigenvalue weighted by Crippen LogP contribution is 2.23. The fourth-order valence-corrected chi connectivity index (χ4v) is 4.18. The highest BCUT2D eigenvalue weighted by Gasteiger charge is 2.26. The maximum absolute atomic E-state index is 12.0. The Bertz CT molecular complexity index is 737. The fourth-order valence-electron chi connectivity index (χ4n) is 1.62. The first-order valence-electron chi connectivity index (χ1n) is 5.21. The second kappa shape index (κ2) is 4.51. The van der Waals surface area contributed by atoms with Crippen LogP contribution in [0, 0.1) is 0 Å². The van der Waals surface area contributed by atoms with Crippen molar-refractivity contribution in [3.63, 3.8) is 0 Å². The minimum Gasteiger partial charge on any atom is -0.506 e. The first-order chi connectivity index (χ1) is 8.70. The third-order valence-corrected chi connectivity index (χ3v) is 5.43. The van der Waals surface area contributed by atoms with Gasteiger partial charge in [0.15, 0.2) is 9.84 Å². The Morgan fingerprint density at radius 1 is 1.37 bits per heavy atom. The van der Waals surface area contributed by atoms with Crippen LogP contribution >= 0.6 is 0 Å². The standard InChI is InChI=1S/C10H12N2O5S2/c11-9-5-8(1-2-10(9)13)19(16,17)12-7-3-4-18(14,15)6-7/h1-5,7,12-13H,6,11H2. The van der Waals surface area contributed by atoms with E-state index in [0.29, 0.717) is 0 Å². The SMILES string of the molecule is Nc1cc(S(=O)(=O)NC2C=CS(=O)(=O)C2)ccc1O. The molecule has 0 bridgehead atoms. The maximum Gasteiger partial charge on any atom is 0.241 e. The highest BCUT2D eigenvalue weighted by molar-refractivity contribution is 7.94. The van der Waals surface area contributed by atoms with Crippen molar-refractivity contribution < 1.29 is 21.9 Å². The predicted octanol–water partition coefficient (Wildman–Crippen LogP) is -0.437. The summed E-state index contributed by atoms with van der Waals surface area (Å²) in [5.41, 5.74) is 5.34. The highest BCUT2D eigenvalue weighted by atomic mass is 32.2. The van der Waals surface area contributed by atoms with Gasteiger partial charge in [-0.15, -0.1) is 0 Å². The molecule has 1 atom stereocenters. The molecule has 1 aliphatic heterocycles. The third-order valence-electron chi connectivity index (χ3n) is 2.55. The van der Waals surface area contributed by atoms with E-state index in [1.165, 1.54) is 12.1 Å². The van der Waals surface area contributed by atoms with E-state index < -0.39 is 25.9 Å². The summed E-state index contributed by atoms with van der Waals surface area (Å²) in [5.74, 6) is -0.526. The van der Waals surface area contributed by atoms with E-state index in [-0.39, 0.29) is 22.1 Å². The van der Waals surface area contributed by atoms with Crippen molar-refractivity contribution in [2.45, 2.75) is 10.9 Å². The number of sulfonamides is 1. The zero-order chi connectivity index (χ0) is 14.3. The average molecular weight is 304 g/mol. The summed E-state index contributed by atoms with van der Waals surface area (Å²) in [5, 5.41) is 10.2. The molecule has 9 heteroatoms. The van der Waals surface area contributed by atoms with Crippen LogP contribution in [0.1, 0.15) is 0 Å². The van der Waals surface area contributed by atoms with Crippen molar-refractivity contribution in [3.8, 4) is 5.75 Å². The molecule has 104 valence electrons. The molecule has 0 radical (unpaired) electrons. The zero-order valence-corrected chi connectivity index (χ0v) is 11.3. The molecule has 2 rings (SSSR count). The van der Waals surface area contributed by atoms with Gasteiger partial charge in [0.1, 0.15) is 5.75 Å². The summed E-state index contributed by atoms with van der Waals surface area (Å²) in [6.45, 7) is 0. The Labute approximate surface area is 110 Å². The summed E-state index contributed by atoms with van der Waals surface area (Å²) in [4.78, 5) is -0.138. The van der Waals surface area contributed by atoms with Crippen LogP contribution in [-0.2, 0) is 19.9 Å². The van der Waals surface area contributed by atoms with Gasteiger partial charge < -0.3 is 10.8 Å². The molecule has 1 aromatic carbocycles. The van der Waals surface area contributed by atoms with E-state index in [1.54, 1.807) is 0 Å². The van der Waals surface area contributed by atoms with E-state index in [4.69, 9.17) is 5.73 Å². The van der Waals surface area contributed by atoms with Crippen molar-refractivity contribution in [2.75, 3.05) is 11.5 Å². The van der Waals surface area contributed by atoms with Crippen LogP contribution < -0.4 is 10.5 Å². The van der Waals surface area contributed by atoms with E-state index in [0.717, 1.165) is 17.5 Å². The number of nitrogens with one attached hydrogen (secondary N) is 1. The van der Waals surface area contributed by atoms with Crippen molar-refractivity contribution in [1.82, 2.24) is 4.72 Å². The molecule has 7 nitrogen and oxygen atoms in total. The number of sulfone groups is 1. The van der Waals surface area contributed by atoms with Gasteiger partial charge in [-0.05, 0) is 18.2 Å². The minimum absolute atomic E-state index is 0.0718. The quantitative estimate of drug-likeness (QED) is 0.513. The lowest BCUT2D eigenvalue weighted by atomic mass is 10.3. The number of phenols is 1. The smallest absolute Gasteiger partial charge is 0.241 e. The molecule has 0 aromatic heterocycles. The summed E-state index contributed by atoms with van der Waals surface area (Å²) in [6.07, 6.45) is 1.27. The summed E-state index contributed by atoms with van der Waals surface area (Å²) in [6, 6.07) is 2.64. The molecule has 4 N–H and O–H groups in total. The number of nitrogens with two attached hydrogens (primary N) is 1. The number of hydrogen-bond donors (Lipinski definition) is 3. The minimum atomic E-state index is -3.89. The number of anilines is 1. The number of nitrogen functional groups attached to an aromatic ring is 1. The van der Waals surface area contributed by atoms with Gasteiger partial charge >= 0.3 is 0 Å². The van der Waals surface area contributed by atoms with Gasteiger partial charge in [-0.3, -0.25) is 0 Å². The summed E-state index contributed by atoms with van der Waals surface area (Å²) < 4.78 is 48.6.